The second-order valence-corrected chi connectivity index (χ2v) is 4.56. The Balaban J connectivity index is 2.16. The Morgan fingerprint density at radius 1 is 1.53 bits per heavy atom. The van der Waals surface area contributed by atoms with Gasteiger partial charge in [0.25, 0.3) is 0 Å². The van der Waals surface area contributed by atoms with E-state index in [2.05, 4.69) is 5.10 Å². The van der Waals surface area contributed by atoms with Gasteiger partial charge in [-0.15, -0.1) is 0 Å². The van der Waals surface area contributed by atoms with Gasteiger partial charge in [0.2, 0.25) is 5.92 Å². The first-order valence-corrected chi connectivity index (χ1v) is 5.35. The van der Waals surface area contributed by atoms with Crippen molar-refractivity contribution in [2.45, 2.75) is 38.0 Å². The molecule has 0 bridgehead atoms. The quantitative estimate of drug-likeness (QED) is 0.702. The Morgan fingerprint density at radius 3 is 2.80 bits per heavy atom. The SMILES string of the molecule is C[C@H]1CC(F)(F)CC[C@@H]1c1ccnn1C. The van der Waals surface area contributed by atoms with Crippen LogP contribution in [0.15, 0.2) is 12.3 Å². The topological polar surface area (TPSA) is 17.8 Å². The lowest BCUT2D eigenvalue weighted by Gasteiger charge is -2.33. The van der Waals surface area contributed by atoms with Crippen LogP contribution in [-0.4, -0.2) is 15.7 Å². The van der Waals surface area contributed by atoms with Crippen LogP contribution in [-0.2, 0) is 7.05 Å². The summed E-state index contributed by atoms with van der Waals surface area (Å²) in [6.45, 7) is 1.91. The third-order valence-electron chi connectivity index (χ3n) is 3.37. The van der Waals surface area contributed by atoms with Crippen LogP contribution in [0.1, 0.15) is 37.8 Å². The molecule has 1 fully saturated rings. The van der Waals surface area contributed by atoms with E-state index in [9.17, 15) is 8.78 Å². The van der Waals surface area contributed by atoms with Crippen molar-refractivity contribution in [1.82, 2.24) is 9.78 Å². The number of aryl methyl sites for hydroxylation is 1. The van der Waals surface area contributed by atoms with Crippen LogP contribution in [0.4, 0.5) is 8.78 Å². The van der Waals surface area contributed by atoms with Crippen LogP contribution < -0.4 is 0 Å². The highest BCUT2D eigenvalue weighted by atomic mass is 19.3. The van der Waals surface area contributed by atoms with E-state index in [0.717, 1.165) is 5.69 Å². The minimum Gasteiger partial charge on any atom is -0.272 e. The number of alkyl halides is 2. The maximum Gasteiger partial charge on any atom is 0.248 e. The zero-order chi connectivity index (χ0) is 11.1. The third-order valence-corrected chi connectivity index (χ3v) is 3.37. The van der Waals surface area contributed by atoms with Crippen molar-refractivity contribution >= 4 is 0 Å². The summed E-state index contributed by atoms with van der Waals surface area (Å²) in [5, 5.41) is 4.09. The number of hydrogen-bond donors (Lipinski definition) is 0. The molecule has 0 amide bonds. The maximum atomic E-state index is 13.1. The van der Waals surface area contributed by atoms with Crippen molar-refractivity contribution in [3.8, 4) is 0 Å². The van der Waals surface area contributed by atoms with Gasteiger partial charge in [0.1, 0.15) is 0 Å². The normalized spacial score (nSPS) is 30.4. The van der Waals surface area contributed by atoms with E-state index in [1.54, 1.807) is 10.9 Å². The minimum atomic E-state index is -2.46. The van der Waals surface area contributed by atoms with E-state index in [1.807, 2.05) is 20.0 Å². The average molecular weight is 214 g/mol. The molecule has 0 N–H and O–H groups in total. The Bertz CT molecular complexity index is 346. The summed E-state index contributed by atoms with van der Waals surface area (Å²) < 4.78 is 28.1. The van der Waals surface area contributed by atoms with Gasteiger partial charge in [0, 0.05) is 37.7 Å². The van der Waals surface area contributed by atoms with Crippen molar-refractivity contribution in [2.75, 3.05) is 0 Å². The molecule has 1 aliphatic rings. The number of halogens is 2. The molecule has 1 aromatic heterocycles. The highest BCUT2D eigenvalue weighted by molar-refractivity contribution is 5.10. The Morgan fingerprint density at radius 2 is 2.27 bits per heavy atom. The Kier molecular flexibility index (Phi) is 2.52. The molecule has 0 aliphatic heterocycles. The number of hydrogen-bond acceptors (Lipinski definition) is 1. The highest BCUT2D eigenvalue weighted by Crippen LogP contribution is 2.44. The molecule has 1 saturated carbocycles. The lowest BCUT2D eigenvalue weighted by molar-refractivity contribution is -0.0562. The molecule has 2 atom stereocenters. The van der Waals surface area contributed by atoms with Crippen LogP contribution in [0, 0.1) is 5.92 Å². The van der Waals surface area contributed by atoms with Gasteiger partial charge in [-0.1, -0.05) is 6.92 Å². The van der Waals surface area contributed by atoms with Crippen molar-refractivity contribution in [2.24, 2.45) is 13.0 Å². The number of aromatic nitrogens is 2. The molecule has 1 aromatic rings. The van der Waals surface area contributed by atoms with E-state index >= 15 is 0 Å². The van der Waals surface area contributed by atoms with Crippen molar-refractivity contribution < 1.29 is 8.78 Å². The summed E-state index contributed by atoms with van der Waals surface area (Å²) >= 11 is 0. The molecule has 0 spiro atoms. The van der Waals surface area contributed by atoms with Gasteiger partial charge >= 0.3 is 0 Å². The third kappa shape index (κ3) is 2.03. The molecule has 1 heterocycles. The van der Waals surface area contributed by atoms with Crippen LogP contribution in [0.3, 0.4) is 0 Å². The monoisotopic (exact) mass is 214 g/mol. The molecule has 0 radical (unpaired) electrons. The molecular weight excluding hydrogens is 198 g/mol. The highest BCUT2D eigenvalue weighted by Gasteiger charge is 2.40. The summed E-state index contributed by atoms with van der Waals surface area (Å²) in [5.41, 5.74) is 1.08. The van der Waals surface area contributed by atoms with Gasteiger partial charge in [-0.2, -0.15) is 5.10 Å². The lowest BCUT2D eigenvalue weighted by atomic mass is 9.77. The number of nitrogens with zero attached hydrogens (tertiary/aromatic N) is 2. The van der Waals surface area contributed by atoms with Crippen LogP contribution in [0.5, 0.6) is 0 Å². The lowest BCUT2D eigenvalue weighted by Crippen LogP contribution is -2.30. The van der Waals surface area contributed by atoms with Gasteiger partial charge in [-0.3, -0.25) is 4.68 Å². The molecule has 15 heavy (non-hydrogen) atoms. The molecule has 2 rings (SSSR count). The molecular formula is C11H16F2N2. The van der Waals surface area contributed by atoms with Gasteiger partial charge in [0.05, 0.1) is 0 Å². The first-order valence-electron chi connectivity index (χ1n) is 5.35. The first-order chi connectivity index (χ1) is 6.99. The predicted octanol–water partition coefficient (Wildman–Crippen LogP) is 2.96. The van der Waals surface area contributed by atoms with Gasteiger partial charge in [-0.05, 0) is 18.4 Å². The zero-order valence-electron chi connectivity index (χ0n) is 9.08. The van der Waals surface area contributed by atoms with Gasteiger partial charge < -0.3 is 0 Å². The van der Waals surface area contributed by atoms with Gasteiger partial charge in [-0.25, -0.2) is 8.78 Å². The second-order valence-electron chi connectivity index (χ2n) is 4.56. The van der Waals surface area contributed by atoms with Crippen molar-refractivity contribution in [3.05, 3.63) is 18.0 Å². The van der Waals surface area contributed by atoms with E-state index in [4.69, 9.17) is 0 Å². The molecule has 0 aromatic carbocycles. The predicted molar refractivity (Wildman–Crippen MR) is 53.9 cm³/mol. The summed E-state index contributed by atoms with van der Waals surface area (Å²) in [4.78, 5) is 0. The molecule has 0 unspecified atom stereocenters. The first kappa shape index (κ1) is 10.6. The van der Waals surface area contributed by atoms with E-state index in [0.29, 0.717) is 6.42 Å². The summed E-state index contributed by atoms with van der Waals surface area (Å²) in [6, 6.07) is 1.94. The Hall–Kier alpha value is -0.930. The molecule has 4 heteroatoms. The van der Waals surface area contributed by atoms with E-state index in [-0.39, 0.29) is 24.7 Å². The fraction of sp³-hybridized carbons (Fsp3) is 0.727. The van der Waals surface area contributed by atoms with Gasteiger partial charge in [0.15, 0.2) is 0 Å². The minimum absolute atomic E-state index is 0.00282. The Labute approximate surface area is 88.3 Å². The smallest absolute Gasteiger partial charge is 0.248 e. The maximum absolute atomic E-state index is 13.1. The average Bonchev–Trinajstić information content (AvgIpc) is 2.50. The van der Waals surface area contributed by atoms with Crippen LogP contribution >= 0.6 is 0 Å². The molecule has 1 aliphatic carbocycles. The molecule has 84 valence electrons. The molecule has 0 saturated heterocycles. The second kappa shape index (κ2) is 3.58. The largest absolute Gasteiger partial charge is 0.272 e. The van der Waals surface area contributed by atoms with Crippen LogP contribution in [0.25, 0.3) is 0 Å². The van der Waals surface area contributed by atoms with E-state index in [1.165, 1.54) is 0 Å². The van der Waals surface area contributed by atoms with Crippen molar-refractivity contribution in [3.63, 3.8) is 0 Å². The molecule has 2 nitrogen and oxygen atoms in total. The number of rotatable bonds is 1. The summed E-state index contributed by atoms with van der Waals surface area (Å²) in [5.74, 6) is -2.20. The zero-order valence-corrected chi connectivity index (χ0v) is 9.08. The summed E-state index contributed by atoms with van der Waals surface area (Å²) in [6.07, 6.45) is 2.30. The van der Waals surface area contributed by atoms with Crippen molar-refractivity contribution in [1.29, 1.82) is 0 Å². The fourth-order valence-corrected chi connectivity index (χ4v) is 2.55. The standard InChI is InChI=1S/C11H16F2N2/c1-8-7-11(12,13)5-3-9(8)10-4-6-14-15(10)2/h4,6,8-9H,3,5,7H2,1-2H3/t8-,9-/m0/s1. The van der Waals surface area contributed by atoms with Crippen LogP contribution in [0.2, 0.25) is 0 Å². The fourth-order valence-electron chi connectivity index (χ4n) is 2.55. The van der Waals surface area contributed by atoms with E-state index < -0.39 is 5.92 Å². The summed E-state index contributed by atoms with van der Waals surface area (Å²) in [7, 11) is 1.87.